The van der Waals surface area contributed by atoms with E-state index in [2.05, 4.69) is 18.3 Å². The summed E-state index contributed by atoms with van der Waals surface area (Å²) in [7, 11) is 1.86. The van der Waals surface area contributed by atoms with Gasteiger partial charge in [0.05, 0.1) is 11.6 Å². The maximum Gasteiger partial charge on any atom is 0.0913 e. The summed E-state index contributed by atoms with van der Waals surface area (Å²) in [6.45, 7) is 4.82. The summed E-state index contributed by atoms with van der Waals surface area (Å²) in [4.78, 5) is 0. The number of nitrogens with one attached hydrogen (secondary N) is 1. The molecule has 104 valence electrons. The summed E-state index contributed by atoms with van der Waals surface area (Å²) in [6, 6.07) is 0.372. The van der Waals surface area contributed by atoms with Crippen molar-refractivity contribution >= 4 is 0 Å². The van der Waals surface area contributed by atoms with Gasteiger partial charge < -0.3 is 14.8 Å². The Hall–Kier alpha value is -0.380. The van der Waals surface area contributed by atoms with Crippen molar-refractivity contribution in [3.05, 3.63) is 11.6 Å². The van der Waals surface area contributed by atoms with E-state index in [-0.39, 0.29) is 5.60 Å². The van der Waals surface area contributed by atoms with Gasteiger partial charge in [-0.1, -0.05) is 18.6 Å². The minimum Gasteiger partial charge on any atom is -0.381 e. The Morgan fingerprint density at radius 3 is 2.72 bits per heavy atom. The molecule has 0 bridgehead atoms. The van der Waals surface area contributed by atoms with Crippen LogP contribution in [0.3, 0.4) is 0 Å². The smallest absolute Gasteiger partial charge is 0.0913 e. The molecule has 1 unspecified atom stereocenters. The molecule has 1 saturated heterocycles. The van der Waals surface area contributed by atoms with Crippen molar-refractivity contribution in [2.45, 2.75) is 57.1 Å². The van der Waals surface area contributed by atoms with Crippen molar-refractivity contribution in [1.29, 1.82) is 0 Å². The lowest BCUT2D eigenvalue weighted by atomic mass is 9.78. The Kier molecular flexibility index (Phi) is 5.22. The Morgan fingerprint density at radius 1 is 1.39 bits per heavy atom. The third-order valence-corrected chi connectivity index (χ3v) is 4.38. The number of rotatable bonds is 5. The van der Waals surface area contributed by atoms with Crippen LogP contribution >= 0.6 is 0 Å². The van der Waals surface area contributed by atoms with Crippen LogP contribution in [-0.4, -0.2) is 38.5 Å². The summed E-state index contributed by atoms with van der Waals surface area (Å²) in [5.74, 6) is 0. The van der Waals surface area contributed by atoms with Crippen LogP contribution < -0.4 is 5.32 Å². The predicted octanol–water partition coefficient (Wildman–Crippen LogP) is 2.66. The zero-order valence-corrected chi connectivity index (χ0v) is 11.8. The van der Waals surface area contributed by atoms with Crippen LogP contribution in [0.1, 0.15) is 45.4 Å². The Morgan fingerprint density at radius 2 is 2.17 bits per heavy atom. The zero-order valence-electron chi connectivity index (χ0n) is 11.8. The highest BCUT2D eigenvalue weighted by atomic mass is 16.5. The first-order chi connectivity index (χ1) is 8.82. The van der Waals surface area contributed by atoms with E-state index in [1.54, 1.807) is 5.57 Å². The Bertz CT molecular complexity index is 282. The van der Waals surface area contributed by atoms with Gasteiger partial charge in [0, 0.05) is 33.2 Å². The average Bonchev–Trinajstić information content (AvgIpc) is 2.46. The fourth-order valence-corrected chi connectivity index (χ4v) is 3.31. The lowest BCUT2D eigenvalue weighted by molar-refractivity contribution is -0.104. The maximum atomic E-state index is 5.96. The number of methoxy groups -OCH3 is 1. The van der Waals surface area contributed by atoms with Gasteiger partial charge in [0.1, 0.15) is 0 Å². The largest absolute Gasteiger partial charge is 0.381 e. The van der Waals surface area contributed by atoms with Gasteiger partial charge >= 0.3 is 0 Å². The fraction of sp³-hybridized carbons (Fsp3) is 0.867. The predicted molar refractivity (Wildman–Crippen MR) is 73.8 cm³/mol. The summed E-state index contributed by atoms with van der Waals surface area (Å²) in [5, 5.41) is 3.66. The highest BCUT2D eigenvalue weighted by Crippen LogP contribution is 2.35. The molecule has 0 aromatic rings. The Balaban J connectivity index is 2.18. The van der Waals surface area contributed by atoms with Crippen molar-refractivity contribution in [2.24, 2.45) is 0 Å². The molecule has 1 heterocycles. The second kappa shape index (κ2) is 6.69. The molecule has 2 aliphatic rings. The number of hydrogen-bond acceptors (Lipinski definition) is 3. The second-order valence-electron chi connectivity index (χ2n) is 5.40. The minimum atomic E-state index is -0.0581. The highest BCUT2D eigenvalue weighted by Gasteiger charge is 2.41. The topological polar surface area (TPSA) is 30.5 Å². The van der Waals surface area contributed by atoms with E-state index in [1.165, 1.54) is 25.7 Å². The van der Waals surface area contributed by atoms with Crippen LogP contribution in [0, 0.1) is 0 Å². The number of ether oxygens (including phenoxy) is 2. The molecule has 1 fully saturated rings. The van der Waals surface area contributed by atoms with Gasteiger partial charge in [-0.05, 0) is 32.2 Å². The molecular weight excluding hydrogens is 226 g/mol. The molecule has 1 atom stereocenters. The van der Waals surface area contributed by atoms with Crippen LogP contribution in [0.25, 0.3) is 0 Å². The van der Waals surface area contributed by atoms with Crippen molar-refractivity contribution < 1.29 is 9.47 Å². The van der Waals surface area contributed by atoms with Crippen LogP contribution in [0.15, 0.2) is 11.6 Å². The molecule has 2 rings (SSSR count). The first-order valence-electron chi connectivity index (χ1n) is 7.37. The molecule has 1 N–H and O–H groups in total. The van der Waals surface area contributed by atoms with Gasteiger partial charge in [-0.3, -0.25) is 0 Å². The zero-order chi connectivity index (χ0) is 12.8. The number of likely N-dealkylation sites (N-methyl/N-ethyl adjacent to an activating group) is 1. The summed E-state index contributed by atoms with van der Waals surface area (Å²) < 4.78 is 11.5. The summed E-state index contributed by atoms with van der Waals surface area (Å²) in [5.41, 5.74) is 1.50. The molecule has 0 saturated carbocycles. The van der Waals surface area contributed by atoms with E-state index >= 15 is 0 Å². The number of hydrogen-bond donors (Lipinski definition) is 1. The quantitative estimate of drug-likeness (QED) is 0.764. The van der Waals surface area contributed by atoms with Gasteiger partial charge in [0.15, 0.2) is 0 Å². The summed E-state index contributed by atoms with van der Waals surface area (Å²) in [6.07, 6.45) is 9.55. The molecule has 3 heteroatoms. The summed E-state index contributed by atoms with van der Waals surface area (Å²) >= 11 is 0. The van der Waals surface area contributed by atoms with Crippen LogP contribution in [0.2, 0.25) is 0 Å². The fourth-order valence-electron chi connectivity index (χ4n) is 3.31. The molecule has 0 aromatic heterocycles. The van der Waals surface area contributed by atoms with E-state index < -0.39 is 0 Å². The van der Waals surface area contributed by atoms with E-state index in [0.29, 0.717) is 6.04 Å². The standard InChI is InChI=1S/C15H27NO2/c1-3-16-14(13-7-5-4-6-8-13)15(17-2)9-11-18-12-10-15/h7,14,16H,3-6,8-12H2,1-2H3. The molecule has 0 spiro atoms. The lowest BCUT2D eigenvalue weighted by Crippen LogP contribution is -2.56. The molecule has 1 aliphatic heterocycles. The van der Waals surface area contributed by atoms with Crippen LogP contribution in [-0.2, 0) is 9.47 Å². The van der Waals surface area contributed by atoms with Crippen molar-refractivity contribution in [2.75, 3.05) is 26.9 Å². The van der Waals surface area contributed by atoms with E-state index in [1.807, 2.05) is 7.11 Å². The van der Waals surface area contributed by atoms with E-state index in [9.17, 15) is 0 Å². The molecule has 0 aromatic carbocycles. The lowest BCUT2D eigenvalue weighted by Gasteiger charge is -2.44. The average molecular weight is 253 g/mol. The monoisotopic (exact) mass is 253 g/mol. The van der Waals surface area contributed by atoms with Gasteiger partial charge in [-0.2, -0.15) is 0 Å². The third-order valence-electron chi connectivity index (χ3n) is 4.38. The van der Waals surface area contributed by atoms with Gasteiger partial charge in [0.2, 0.25) is 0 Å². The van der Waals surface area contributed by atoms with Crippen LogP contribution in [0.4, 0.5) is 0 Å². The molecular formula is C15H27NO2. The van der Waals surface area contributed by atoms with E-state index in [4.69, 9.17) is 9.47 Å². The molecule has 18 heavy (non-hydrogen) atoms. The van der Waals surface area contributed by atoms with Gasteiger partial charge in [-0.15, -0.1) is 0 Å². The molecule has 0 amide bonds. The number of allylic oxidation sites excluding steroid dienone is 1. The first kappa shape index (κ1) is 14.0. The first-order valence-corrected chi connectivity index (χ1v) is 7.37. The van der Waals surface area contributed by atoms with Crippen molar-refractivity contribution in [3.8, 4) is 0 Å². The van der Waals surface area contributed by atoms with Gasteiger partial charge in [-0.25, -0.2) is 0 Å². The van der Waals surface area contributed by atoms with Gasteiger partial charge in [0.25, 0.3) is 0 Å². The molecule has 3 nitrogen and oxygen atoms in total. The van der Waals surface area contributed by atoms with E-state index in [0.717, 1.165) is 32.6 Å². The van der Waals surface area contributed by atoms with Crippen LogP contribution in [0.5, 0.6) is 0 Å². The third kappa shape index (κ3) is 2.95. The van der Waals surface area contributed by atoms with Crippen molar-refractivity contribution in [1.82, 2.24) is 5.32 Å². The highest BCUT2D eigenvalue weighted by molar-refractivity contribution is 5.20. The Labute approximate surface area is 111 Å². The SMILES string of the molecule is CCNC(C1=CCCCC1)C1(OC)CCOCC1. The molecule has 0 radical (unpaired) electrons. The normalized spacial score (nSPS) is 25.6. The minimum absolute atomic E-state index is 0.0581. The second-order valence-corrected chi connectivity index (χ2v) is 5.40. The molecule has 1 aliphatic carbocycles. The van der Waals surface area contributed by atoms with Crippen molar-refractivity contribution in [3.63, 3.8) is 0 Å². The maximum absolute atomic E-state index is 5.96.